The summed E-state index contributed by atoms with van der Waals surface area (Å²) in [7, 11) is 0. The summed E-state index contributed by atoms with van der Waals surface area (Å²) in [6.07, 6.45) is 7.46. The fourth-order valence-electron chi connectivity index (χ4n) is 5.05. The zero-order chi connectivity index (χ0) is 17.0. The molecule has 6 heteroatoms. The molecule has 5 rings (SSSR count). The molecule has 0 radical (unpaired) electrons. The maximum absolute atomic E-state index is 13.1. The van der Waals surface area contributed by atoms with Crippen molar-refractivity contribution in [1.29, 1.82) is 0 Å². The predicted molar refractivity (Wildman–Crippen MR) is 92.0 cm³/mol. The summed E-state index contributed by atoms with van der Waals surface area (Å²) in [5.41, 5.74) is 1.54. The number of pyridine rings is 1. The fourth-order valence-corrected chi connectivity index (χ4v) is 5.05. The molecule has 0 aliphatic carbocycles. The number of piperidine rings is 3. The van der Waals surface area contributed by atoms with Crippen LogP contribution in [0.15, 0.2) is 30.6 Å². The van der Waals surface area contributed by atoms with Crippen LogP contribution in [0.5, 0.6) is 0 Å². The van der Waals surface area contributed by atoms with E-state index in [-0.39, 0.29) is 5.91 Å². The van der Waals surface area contributed by atoms with E-state index in [1.807, 2.05) is 29.3 Å². The Labute approximate surface area is 146 Å². The summed E-state index contributed by atoms with van der Waals surface area (Å²) in [6.45, 7) is 2.32. The van der Waals surface area contributed by atoms with Gasteiger partial charge in [0.1, 0.15) is 0 Å². The van der Waals surface area contributed by atoms with Crippen molar-refractivity contribution in [3.05, 3.63) is 36.2 Å². The Balaban J connectivity index is 1.41. The Morgan fingerprint density at radius 3 is 3.04 bits per heavy atom. The molecule has 2 bridgehead atoms. The third-order valence-corrected chi connectivity index (χ3v) is 6.12. The van der Waals surface area contributed by atoms with Gasteiger partial charge in [0.25, 0.3) is 5.91 Å². The van der Waals surface area contributed by atoms with E-state index in [0.29, 0.717) is 35.8 Å². The average molecular weight is 338 g/mol. The molecule has 0 spiro atoms. The topological polar surface area (TPSA) is 57.9 Å². The summed E-state index contributed by atoms with van der Waals surface area (Å²) >= 11 is 0. The van der Waals surface area contributed by atoms with Gasteiger partial charge in [-0.05, 0) is 43.2 Å². The molecule has 3 saturated heterocycles. The first-order valence-electron chi connectivity index (χ1n) is 9.22. The molecule has 3 aliphatic rings. The van der Waals surface area contributed by atoms with Gasteiger partial charge in [-0.3, -0.25) is 9.59 Å². The van der Waals surface area contributed by atoms with Gasteiger partial charge in [-0.2, -0.15) is 5.10 Å². The van der Waals surface area contributed by atoms with Crippen molar-refractivity contribution in [2.75, 3.05) is 19.6 Å². The quantitative estimate of drug-likeness (QED) is 0.797. The Hall–Kier alpha value is -2.37. The van der Waals surface area contributed by atoms with Crippen molar-refractivity contribution < 1.29 is 9.59 Å². The second-order valence-corrected chi connectivity index (χ2v) is 7.67. The average Bonchev–Trinajstić information content (AvgIpc) is 3.06. The first-order valence-corrected chi connectivity index (χ1v) is 9.22. The highest BCUT2D eigenvalue weighted by Crippen LogP contribution is 2.38. The van der Waals surface area contributed by atoms with Crippen LogP contribution in [0.2, 0.25) is 0 Å². The summed E-state index contributed by atoms with van der Waals surface area (Å²) in [5.74, 6) is 1.21. The second kappa shape index (κ2) is 5.58. The van der Waals surface area contributed by atoms with Crippen LogP contribution in [0.4, 0.5) is 0 Å². The molecule has 3 aliphatic heterocycles. The van der Waals surface area contributed by atoms with Crippen LogP contribution in [0.25, 0.3) is 5.52 Å². The van der Waals surface area contributed by atoms with Gasteiger partial charge < -0.3 is 9.80 Å². The zero-order valence-electron chi connectivity index (χ0n) is 14.2. The van der Waals surface area contributed by atoms with E-state index >= 15 is 0 Å². The molecule has 2 aromatic rings. The van der Waals surface area contributed by atoms with E-state index in [9.17, 15) is 9.59 Å². The van der Waals surface area contributed by atoms with Crippen molar-refractivity contribution in [3.8, 4) is 0 Å². The number of hydrogen-bond acceptors (Lipinski definition) is 3. The van der Waals surface area contributed by atoms with E-state index in [4.69, 9.17) is 0 Å². The van der Waals surface area contributed by atoms with Gasteiger partial charge in [-0.1, -0.05) is 6.07 Å². The van der Waals surface area contributed by atoms with Gasteiger partial charge in [0, 0.05) is 38.3 Å². The Morgan fingerprint density at radius 1 is 1.20 bits per heavy atom. The molecular weight excluding hydrogens is 316 g/mol. The summed E-state index contributed by atoms with van der Waals surface area (Å²) in [4.78, 5) is 29.5. The molecule has 5 heterocycles. The zero-order valence-corrected chi connectivity index (χ0v) is 14.2. The van der Waals surface area contributed by atoms with Crippen molar-refractivity contribution in [1.82, 2.24) is 19.4 Å². The van der Waals surface area contributed by atoms with Crippen molar-refractivity contribution >= 4 is 17.3 Å². The lowest BCUT2D eigenvalue weighted by Crippen LogP contribution is -2.61. The number of amides is 2. The van der Waals surface area contributed by atoms with Crippen LogP contribution >= 0.6 is 0 Å². The molecule has 3 fully saturated rings. The van der Waals surface area contributed by atoms with Gasteiger partial charge in [0.15, 0.2) is 0 Å². The fraction of sp³-hybridized carbons (Fsp3) is 0.526. The molecule has 2 amide bonds. The van der Waals surface area contributed by atoms with Gasteiger partial charge in [0.2, 0.25) is 5.91 Å². The number of fused-ring (bicyclic) bond motifs is 5. The second-order valence-electron chi connectivity index (χ2n) is 7.67. The van der Waals surface area contributed by atoms with Crippen LogP contribution in [0, 0.1) is 11.8 Å². The van der Waals surface area contributed by atoms with Gasteiger partial charge in [0.05, 0.1) is 17.3 Å². The third kappa shape index (κ3) is 2.34. The van der Waals surface area contributed by atoms with E-state index in [1.54, 1.807) is 10.7 Å². The molecule has 0 aromatic carbocycles. The van der Waals surface area contributed by atoms with E-state index < -0.39 is 0 Å². The normalized spacial score (nSPS) is 29.0. The Kier molecular flexibility index (Phi) is 3.33. The number of nitrogens with zero attached hydrogens (tertiary/aromatic N) is 4. The van der Waals surface area contributed by atoms with Crippen molar-refractivity contribution in [2.24, 2.45) is 11.8 Å². The highest BCUT2D eigenvalue weighted by atomic mass is 16.2. The third-order valence-electron chi connectivity index (χ3n) is 6.12. The van der Waals surface area contributed by atoms with Crippen LogP contribution in [0.1, 0.15) is 36.0 Å². The lowest BCUT2D eigenvalue weighted by atomic mass is 9.76. The minimum absolute atomic E-state index is 0.0754. The van der Waals surface area contributed by atoms with Crippen LogP contribution in [-0.2, 0) is 4.79 Å². The monoisotopic (exact) mass is 338 g/mol. The van der Waals surface area contributed by atoms with Crippen molar-refractivity contribution in [2.45, 2.75) is 31.7 Å². The van der Waals surface area contributed by atoms with Gasteiger partial charge in [-0.15, -0.1) is 0 Å². The lowest BCUT2D eigenvalue weighted by molar-refractivity contribution is -0.144. The molecule has 3 atom stereocenters. The van der Waals surface area contributed by atoms with Crippen LogP contribution in [0.3, 0.4) is 0 Å². The molecule has 2 aromatic heterocycles. The molecule has 0 N–H and O–H groups in total. The highest BCUT2D eigenvalue weighted by Gasteiger charge is 2.45. The summed E-state index contributed by atoms with van der Waals surface area (Å²) in [5, 5.41) is 4.30. The van der Waals surface area contributed by atoms with Crippen LogP contribution in [-0.4, -0.2) is 56.9 Å². The van der Waals surface area contributed by atoms with E-state index in [0.717, 1.165) is 44.4 Å². The number of hydrogen-bond donors (Lipinski definition) is 0. The molecule has 130 valence electrons. The minimum Gasteiger partial charge on any atom is -0.339 e. The minimum atomic E-state index is 0.0754. The number of aromatic nitrogens is 2. The summed E-state index contributed by atoms with van der Waals surface area (Å²) in [6, 6.07) is 6.11. The molecule has 25 heavy (non-hydrogen) atoms. The maximum Gasteiger partial charge on any atom is 0.257 e. The molecule has 2 unspecified atom stereocenters. The Morgan fingerprint density at radius 2 is 2.12 bits per heavy atom. The first-order chi connectivity index (χ1) is 12.2. The number of carbonyl (C=O) groups excluding carboxylic acids is 2. The largest absolute Gasteiger partial charge is 0.339 e. The maximum atomic E-state index is 13.1. The smallest absolute Gasteiger partial charge is 0.257 e. The van der Waals surface area contributed by atoms with E-state index in [2.05, 4.69) is 10.00 Å². The lowest BCUT2D eigenvalue weighted by Gasteiger charge is -2.52. The summed E-state index contributed by atoms with van der Waals surface area (Å²) < 4.78 is 1.75. The SMILES string of the molecule is O=C(c1cnn2ccccc12)N1CC2CC(C1)[C@@H]1CCCC(=O)N1C2. The number of carbonyl (C=O) groups is 2. The molecular formula is C19H22N4O2. The van der Waals surface area contributed by atoms with Crippen molar-refractivity contribution in [3.63, 3.8) is 0 Å². The predicted octanol–water partition coefficient (Wildman–Crippen LogP) is 1.81. The molecule has 0 saturated carbocycles. The number of likely N-dealkylation sites (tertiary alicyclic amines) is 1. The highest BCUT2D eigenvalue weighted by molar-refractivity contribution is 6.00. The Bertz CT molecular complexity index is 845. The van der Waals surface area contributed by atoms with Gasteiger partial charge in [-0.25, -0.2) is 4.52 Å². The van der Waals surface area contributed by atoms with Gasteiger partial charge >= 0.3 is 0 Å². The number of rotatable bonds is 1. The van der Waals surface area contributed by atoms with E-state index in [1.165, 1.54) is 0 Å². The standard InChI is InChI=1S/C19H22N4O2/c24-18-6-3-5-16-14-8-13(11-22(16)18)10-21(12-14)19(25)15-9-20-23-7-2-1-4-17(15)23/h1-2,4,7,9,13-14,16H,3,5-6,8,10-12H2/t13?,14?,16-/m0/s1. The van der Waals surface area contributed by atoms with Crippen LogP contribution < -0.4 is 0 Å². The molecule has 6 nitrogen and oxygen atoms in total. The first kappa shape index (κ1) is 14.9.